The summed E-state index contributed by atoms with van der Waals surface area (Å²) in [7, 11) is 0. The zero-order valence-corrected chi connectivity index (χ0v) is 8.32. The predicted octanol–water partition coefficient (Wildman–Crippen LogP) is 1.77. The van der Waals surface area contributed by atoms with Gasteiger partial charge < -0.3 is 10.8 Å². The monoisotopic (exact) mass is 191 g/mol. The smallest absolute Gasteiger partial charge is 0.0684 e. The van der Waals surface area contributed by atoms with Gasteiger partial charge >= 0.3 is 0 Å². The van der Waals surface area contributed by atoms with E-state index in [-0.39, 0.29) is 12.6 Å². The van der Waals surface area contributed by atoms with Crippen molar-refractivity contribution in [3.63, 3.8) is 0 Å². The fraction of sp³-hybridized carbons (Fsp3) is 0.500. The zero-order chi connectivity index (χ0) is 9.97. The third-order valence-electron chi connectivity index (χ3n) is 3.19. The molecule has 0 saturated heterocycles. The maximum Gasteiger partial charge on any atom is 0.0684 e. The second-order valence-corrected chi connectivity index (χ2v) is 4.06. The first kappa shape index (κ1) is 9.69. The third-order valence-corrected chi connectivity index (χ3v) is 3.19. The lowest BCUT2D eigenvalue weighted by Crippen LogP contribution is -2.23. The summed E-state index contributed by atoms with van der Waals surface area (Å²) in [5, 5.41) is 9.22. The van der Waals surface area contributed by atoms with Crippen LogP contribution in [0.15, 0.2) is 24.3 Å². The van der Waals surface area contributed by atoms with Gasteiger partial charge in [0.05, 0.1) is 6.61 Å². The van der Waals surface area contributed by atoms with E-state index in [0.29, 0.717) is 5.92 Å². The first-order valence-electron chi connectivity index (χ1n) is 5.27. The topological polar surface area (TPSA) is 46.2 Å². The van der Waals surface area contributed by atoms with Crippen LogP contribution in [0.5, 0.6) is 0 Å². The number of aliphatic hydroxyl groups excluding tert-OH is 1. The molecule has 1 aliphatic carbocycles. The zero-order valence-electron chi connectivity index (χ0n) is 8.32. The summed E-state index contributed by atoms with van der Waals surface area (Å²) in [6, 6.07) is 8.36. The summed E-state index contributed by atoms with van der Waals surface area (Å²) in [5.41, 5.74) is 8.34. The van der Waals surface area contributed by atoms with Crippen LogP contribution in [0.1, 0.15) is 36.3 Å². The van der Waals surface area contributed by atoms with E-state index in [4.69, 9.17) is 5.73 Å². The van der Waals surface area contributed by atoms with Crippen LogP contribution < -0.4 is 5.73 Å². The second-order valence-electron chi connectivity index (χ2n) is 4.06. The molecule has 1 fully saturated rings. The Bertz CT molecular complexity index is 311. The van der Waals surface area contributed by atoms with Gasteiger partial charge in [0.2, 0.25) is 0 Å². The Morgan fingerprint density at radius 2 is 2.07 bits per heavy atom. The van der Waals surface area contributed by atoms with Gasteiger partial charge in [-0.25, -0.2) is 0 Å². The standard InChI is InChI=1S/C12H17NO/c13-12-7-3-6-11(12)10-5-2-1-4-9(10)8-14/h1-2,4-5,11-12,14H,3,6-8,13H2/t11-,12+/m1/s1. The van der Waals surface area contributed by atoms with Crippen LogP contribution in [0.2, 0.25) is 0 Å². The average Bonchev–Trinajstić information content (AvgIpc) is 2.64. The van der Waals surface area contributed by atoms with Gasteiger partial charge in [-0.15, -0.1) is 0 Å². The lowest BCUT2D eigenvalue weighted by atomic mass is 9.91. The molecule has 0 bridgehead atoms. The van der Waals surface area contributed by atoms with E-state index in [0.717, 1.165) is 18.4 Å². The number of rotatable bonds is 2. The Labute approximate surface area is 84.7 Å². The normalized spacial score (nSPS) is 26.7. The minimum atomic E-state index is 0.124. The van der Waals surface area contributed by atoms with Crippen LogP contribution >= 0.6 is 0 Å². The van der Waals surface area contributed by atoms with Crippen molar-refractivity contribution in [1.82, 2.24) is 0 Å². The molecule has 0 unspecified atom stereocenters. The summed E-state index contributed by atoms with van der Waals surface area (Å²) >= 11 is 0. The van der Waals surface area contributed by atoms with Crippen molar-refractivity contribution in [3.8, 4) is 0 Å². The van der Waals surface area contributed by atoms with E-state index in [9.17, 15) is 5.11 Å². The fourth-order valence-electron chi connectivity index (χ4n) is 2.41. The van der Waals surface area contributed by atoms with Gasteiger partial charge in [-0.3, -0.25) is 0 Å². The average molecular weight is 191 g/mol. The number of benzene rings is 1. The minimum absolute atomic E-state index is 0.124. The molecule has 0 heterocycles. The molecule has 0 amide bonds. The van der Waals surface area contributed by atoms with E-state index in [1.54, 1.807) is 0 Å². The van der Waals surface area contributed by atoms with E-state index in [2.05, 4.69) is 6.07 Å². The fourth-order valence-corrected chi connectivity index (χ4v) is 2.41. The highest BCUT2D eigenvalue weighted by Crippen LogP contribution is 2.34. The summed E-state index contributed by atoms with van der Waals surface area (Å²) in [6.07, 6.45) is 3.49. The van der Waals surface area contributed by atoms with Gasteiger partial charge in [-0.1, -0.05) is 30.7 Å². The van der Waals surface area contributed by atoms with Gasteiger partial charge in [0.25, 0.3) is 0 Å². The molecule has 2 atom stereocenters. The van der Waals surface area contributed by atoms with Gasteiger partial charge in [-0.2, -0.15) is 0 Å². The molecule has 0 aromatic heterocycles. The van der Waals surface area contributed by atoms with Crippen LogP contribution in [-0.2, 0) is 6.61 Å². The molecule has 0 radical (unpaired) electrons. The van der Waals surface area contributed by atoms with E-state index in [1.807, 2.05) is 18.2 Å². The molecule has 2 heteroatoms. The number of aliphatic hydroxyl groups is 1. The summed E-state index contributed by atoms with van der Waals surface area (Å²) in [4.78, 5) is 0. The van der Waals surface area contributed by atoms with Crippen LogP contribution in [0, 0.1) is 0 Å². The van der Waals surface area contributed by atoms with Crippen molar-refractivity contribution in [3.05, 3.63) is 35.4 Å². The molecule has 76 valence electrons. The molecular formula is C12H17NO. The molecular weight excluding hydrogens is 174 g/mol. The molecule has 2 nitrogen and oxygen atoms in total. The van der Waals surface area contributed by atoms with Gasteiger partial charge in [0.1, 0.15) is 0 Å². The van der Waals surface area contributed by atoms with Crippen molar-refractivity contribution in [2.45, 2.75) is 37.8 Å². The second kappa shape index (κ2) is 4.11. The first-order chi connectivity index (χ1) is 6.83. The minimum Gasteiger partial charge on any atom is -0.392 e. The first-order valence-corrected chi connectivity index (χ1v) is 5.27. The van der Waals surface area contributed by atoms with Crippen LogP contribution in [0.25, 0.3) is 0 Å². The summed E-state index contributed by atoms with van der Waals surface area (Å²) in [6.45, 7) is 0.124. The molecule has 3 N–H and O–H groups in total. The Kier molecular flexibility index (Phi) is 2.85. The SMILES string of the molecule is N[C@H]1CCC[C@@H]1c1ccccc1CO. The van der Waals surface area contributed by atoms with Crippen LogP contribution in [-0.4, -0.2) is 11.1 Å². The van der Waals surface area contributed by atoms with Crippen LogP contribution in [0.3, 0.4) is 0 Å². The number of nitrogens with two attached hydrogens (primary N) is 1. The largest absolute Gasteiger partial charge is 0.392 e. The molecule has 1 aromatic rings. The Morgan fingerprint density at radius 3 is 2.71 bits per heavy atom. The summed E-state index contributed by atoms with van der Waals surface area (Å²) < 4.78 is 0. The van der Waals surface area contributed by atoms with Crippen molar-refractivity contribution in [1.29, 1.82) is 0 Å². The van der Waals surface area contributed by atoms with Gasteiger partial charge in [0, 0.05) is 6.04 Å². The number of hydrogen-bond acceptors (Lipinski definition) is 2. The molecule has 2 rings (SSSR count). The molecule has 1 saturated carbocycles. The van der Waals surface area contributed by atoms with Crippen molar-refractivity contribution in [2.24, 2.45) is 5.73 Å². The third kappa shape index (κ3) is 1.68. The van der Waals surface area contributed by atoms with Crippen molar-refractivity contribution in [2.75, 3.05) is 0 Å². The Morgan fingerprint density at radius 1 is 1.29 bits per heavy atom. The van der Waals surface area contributed by atoms with Crippen molar-refractivity contribution >= 4 is 0 Å². The lowest BCUT2D eigenvalue weighted by Gasteiger charge is -2.18. The van der Waals surface area contributed by atoms with E-state index in [1.165, 1.54) is 12.0 Å². The number of hydrogen-bond donors (Lipinski definition) is 2. The van der Waals surface area contributed by atoms with Gasteiger partial charge in [0.15, 0.2) is 0 Å². The van der Waals surface area contributed by atoms with Crippen LogP contribution in [0.4, 0.5) is 0 Å². The predicted molar refractivity (Wildman–Crippen MR) is 56.9 cm³/mol. The molecule has 14 heavy (non-hydrogen) atoms. The van der Waals surface area contributed by atoms with E-state index < -0.39 is 0 Å². The highest BCUT2D eigenvalue weighted by molar-refractivity contribution is 5.31. The quantitative estimate of drug-likeness (QED) is 0.748. The maximum atomic E-state index is 9.22. The lowest BCUT2D eigenvalue weighted by molar-refractivity contribution is 0.279. The van der Waals surface area contributed by atoms with Gasteiger partial charge in [-0.05, 0) is 29.9 Å². The molecule has 1 aliphatic rings. The Balaban J connectivity index is 2.30. The summed E-state index contributed by atoms with van der Waals surface area (Å²) in [5.74, 6) is 0.457. The highest BCUT2D eigenvalue weighted by atomic mass is 16.3. The molecule has 0 spiro atoms. The van der Waals surface area contributed by atoms with E-state index >= 15 is 0 Å². The molecule has 0 aliphatic heterocycles. The van der Waals surface area contributed by atoms with Crippen molar-refractivity contribution < 1.29 is 5.11 Å². The Hall–Kier alpha value is -0.860. The maximum absolute atomic E-state index is 9.22. The highest BCUT2D eigenvalue weighted by Gasteiger charge is 2.26. The molecule has 1 aromatic carbocycles.